The molecule has 0 amide bonds. The molecule has 0 fully saturated rings. The fraction of sp³-hybridized carbons (Fsp3) is 0.250. The number of nitrogens with two attached hydrogens (primary N) is 2. The van der Waals surface area contributed by atoms with Crippen LogP contribution in [0.5, 0.6) is 0 Å². The van der Waals surface area contributed by atoms with Crippen LogP contribution in [0.3, 0.4) is 0 Å². The molecule has 1 aromatic carbocycles. The van der Waals surface area contributed by atoms with E-state index in [4.69, 9.17) is 11.5 Å². The van der Waals surface area contributed by atoms with E-state index in [2.05, 4.69) is 0 Å². The van der Waals surface area contributed by atoms with Gasteiger partial charge in [-0.1, -0.05) is 30.3 Å². The topological polar surface area (TPSA) is 52.0 Å². The Hall–Kier alpha value is -0.280. The van der Waals surface area contributed by atoms with Gasteiger partial charge in [-0.05, 0) is 5.56 Å². The highest BCUT2D eigenvalue weighted by atomic mass is 35.5. The van der Waals surface area contributed by atoms with E-state index in [1.165, 1.54) is 5.56 Å². The van der Waals surface area contributed by atoms with Crippen LogP contribution in [-0.4, -0.2) is 6.17 Å². The number of hydrogen-bond acceptors (Lipinski definition) is 2. The number of rotatable bonds is 2. The summed E-state index contributed by atoms with van der Waals surface area (Å²) in [6.45, 7) is 0. The summed E-state index contributed by atoms with van der Waals surface area (Å²) in [5, 5.41) is 0. The summed E-state index contributed by atoms with van der Waals surface area (Å²) < 4.78 is 0. The normalized spacial score (nSPS) is 8.58. The van der Waals surface area contributed by atoms with E-state index >= 15 is 0 Å². The van der Waals surface area contributed by atoms with E-state index in [0.717, 1.165) is 6.42 Å². The van der Waals surface area contributed by atoms with Crippen molar-refractivity contribution in [3.63, 3.8) is 0 Å². The molecule has 0 aliphatic heterocycles. The molecule has 70 valence electrons. The second kappa shape index (κ2) is 7.37. The van der Waals surface area contributed by atoms with Crippen molar-refractivity contribution in [2.45, 2.75) is 12.6 Å². The molecule has 0 heterocycles. The van der Waals surface area contributed by atoms with Crippen molar-refractivity contribution in [1.82, 2.24) is 0 Å². The highest BCUT2D eigenvalue weighted by Crippen LogP contribution is 1.98. The predicted molar refractivity (Wildman–Crippen MR) is 56.8 cm³/mol. The average molecular weight is 209 g/mol. The van der Waals surface area contributed by atoms with Gasteiger partial charge in [-0.2, -0.15) is 0 Å². The van der Waals surface area contributed by atoms with Gasteiger partial charge in [0.25, 0.3) is 0 Å². The standard InChI is InChI=1S/C8H12N2.2ClH/c9-8(10)6-7-4-2-1-3-5-7;;/h1-5,8H,6,9-10H2;2*1H. The van der Waals surface area contributed by atoms with Crippen LogP contribution in [0.15, 0.2) is 30.3 Å². The second-order valence-electron chi connectivity index (χ2n) is 2.35. The molecule has 4 N–H and O–H groups in total. The number of halogens is 2. The minimum Gasteiger partial charge on any atom is -0.316 e. The molecule has 0 saturated heterocycles. The van der Waals surface area contributed by atoms with Gasteiger partial charge in [0, 0.05) is 6.42 Å². The highest BCUT2D eigenvalue weighted by molar-refractivity contribution is 5.85. The van der Waals surface area contributed by atoms with Crippen molar-refractivity contribution in [3.05, 3.63) is 35.9 Å². The maximum atomic E-state index is 5.40. The number of benzene rings is 1. The first-order valence-electron chi connectivity index (χ1n) is 3.34. The fourth-order valence-corrected chi connectivity index (χ4v) is 0.886. The van der Waals surface area contributed by atoms with Crippen molar-refractivity contribution in [2.75, 3.05) is 0 Å². The average Bonchev–Trinajstić information content (AvgIpc) is 1.88. The zero-order chi connectivity index (χ0) is 7.40. The molecule has 0 aliphatic rings. The Morgan fingerprint density at radius 1 is 1.00 bits per heavy atom. The quantitative estimate of drug-likeness (QED) is 0.721. The third kappa shape index (κ3) is 5.38. The van der Waals surface area contributed by atoms with Crippen molar-refractivity contribution in [1.29, 1.82) is 0 Å². The SMILES string of the molecule is Cl.Cl.NC(N)Cc1ccccc1. The lowest BCUT2D eigenvalue weighted by Crippen LogP contribution is -2.32. The van der Waals surface area contributed by atoms with E-state index in [1.54, 1.807) is 0 Å². The van der Waals surface area contributed by atoms with E-state index in [9.17, 15) is 0 Å². The summed E-state index contributed by atoms with van der Waals surface area (Å²) in [4.78, 5) is 0. The van der Waals surface area contributed by atoms with Gasteiger partial charge in [0.15, 0.2) is 0 Å². The molecule has 0 radical (unpaired) electrons. The molecule has 12 heavy (non-hydrogen) atoms. The van der Waals surface area contributed by atoms with Crippen molar-refractivity contribution < 1.29 is 0 Å². The van der Waals surface area contributed by atoms with Gasteiger partial charge in [0.2, 0.25) is 0 Å². The molecule has 0 aromatic heterocycles. The molecular weight excluding hydrogens is 195 g/mol. The lowest BCUT2D eigenvalue weighted by molar-refractivity contribution is 0.703. The maximum Gasteiger partial charge on any atom is 0.0562 e. The van der Waals surface area contributed by atoms with E-state index in [0.29, 0.717) is 0 Å². The lowest BCUT2D eigenvalue weighted by Gasteiger charge is -2.03. The Morgan fingerprint density at radius 3 is 1.92 bits per heavy atom. The molecule has 0 spiro atoms. The van der Waals surface area contributed by atoms with Gasteiger partial charge < -0.3 is 11.5 Å². The van der Waals surface area contributed by atoms with Crippen LogP contribution in [0.1, 0.15) is 5.56 Å². The molecule has 0 unspecified atom stereocenters. The summed E-state index contributed by atoms with van der Waals surface area (Å²) in [6, 6.07) is 9.99. The van der Waals surface area contributed by atoms with Crippen LogP contribution in [0.2, 0.25) is 0 Å². The summed E-state index contributed by atoms with van der Waals surface area (Å²) in [5.74, 6) is 0. The Balaban J connectivity index is 0. The van der Waals surface area contributed by atoms with E-state index in [1.807, 2.05) is 30.3 Å². The van der Waals surface area contributed by atoms with Crippen LogP contribution in [0.4, 0.5) is 0 Å². The Bertz CT molecular complexity index is 190. The third-order valence-corrected chi connectivity index (χ3v) is 1.31. The molecular formula is C8H14Cl2N2. The highest BCUT2D eigenvalue weighted by Gasteiger charge is 1.94. The van der Waals surface area contributed by atoms with Crippen LogP contribution < -0.4 is 11.5 Å². The Morgan fingerprint density at radius 2 is 1.50 bits per heavy atom. The zero-order valence-corrected chi connectivity index (χ0v) is 8.28. The molecule has 4 heteroatoms. The van der Waals surface area contributed by atoms with Gasteiger partial charge in [-0.15, -0.1) is 24.8 Å². The zero-order valence-electron chi connectivity index (χ0n) is 6.64. The van der Waals surface area contributed by atoms with Gasteiger partial charge in [-0.3, -0.25) is 0 Å². The minimum atomic E-state index is -0.234. The van der Waals surface area contributed by atoms with Crippen LogP contribution in [0, 0.1) is 0 Å². The molecule has 2 nitrogen and oxygen atoms in total. The summed E-state index contributed by atoms with van der Waals surface area (Å²) in [5.41, 5.74) is 12.0. The van der Waals surface area contributed by atoms with Gasteiger partial charge in [0.05, 0.1) is 6.17 Å². The molecule has 0 atom stereocenters. The second-order valence-corrected chi connectivity index (χ2v) is 2.35. The fourth-order valence-electron chi connectivity index (χ4n) is 0.886. The smallest absolute Gasteiger partial charge is 0.0562 e. The molecule has 0 saturated carbocycles. The Labute approximate surface area is 85.1 Å². The van der Waals surface area contributed by atoms with Crippen molar-refractivity contribution in [2.24, 2.45) is 11.5 Å². The lowest BCUT2D eigenvalue weighted by atomic mass is 10.1. The maximum absolute atomic E-state index is 5.40. The third-order valence-electron chi connectivity index (χ3n) is 1.31. The van der Waals surface area contributed by atoms with E-state index in [-0.39, 0.29) is 31.0 Å². The van der Waals surface area contributed by atoms with E-state index < -0.39 is 0 Å². The van der Waals surface area contributed by atoms with Crippen molar-refractivity contribution >= 4 is 24.8 Å². The summed E-state index contributed by atoms with van der Waals surface area (Å²) in [6.07, 6.45) is 0.517. The predicted octanol–water partition coefficient (Wildman–Crippen LogP) is 1.32. The van der Waals surface area contributed by atoms with Crippen LogP contribution in [0.25, 0.3) is 0 Å². The summed E-state index contributed by atoms with van der Waals surface area (Å²) in [7, 11) is 0. The molecule has 1 rings (SSSR count). The van der Waals surface area contributed by atoms with Gasteiger partial charge in [-0.25, -0.2) is 0 Å². The summed E-state index contributed by atoms with van der Waals surface area (Å²) >= 11 is 0. The largest absolute Gasteiger partial charge is 0.316 e. The van der Waals surface area contributed by atoms with Crippen molar-refractivity contribution in [3.8, 4) is 0 Å². The Kier molecular flexibility index (Phi) is 8.76. The first-order chi connectivity index (χ1) is 4.79. The monoisotopic (exact) mass is 208 g/mol. The number of hydrogen-bond donors (Lipinski definition) is 2. The molecule has 1 aromatic rings. The first-order valence-corrected chi connectivity index (χ1v) is 3.34. The van der Waals surface area contributed by atoms with Crippen LogP contribution in [-0.2, 0) is 6.42 Å². The van der Waals surface area contributed by atoms with Gasteiger partial charge >= 0.3 is 0 Å². The molecule has 0 aliphatic carbocycles. The first kappa shape index (κ1) is 14.3. The molecule has 0 bridgehead atoms. The van der Waals surface area contributed by atoms with Gasteiger partial charge in [0.1, 0.15) is 0 Å². The van der Waals surface area contributed by atoms with Crippen LogP contribution >= 0.6 is 24.8 Å². The minimum absolute atomic E-state index is 0.